The van der Waals surface area contributed by atoms with Crippen LogP contribution < -0.4 is 0 Å². The normalized spacial score (nSPS) is 13.8. The second-order valence-corrected chi connectivity index (χ2v) is 6.21. The zero-order valence-corrected chi connectivity index (χ0v) is 12.5. The average Bonchev–Trinajstić information content (AvgIpc) is 2.39. The summed E-state index contributed by atoms with van der Waals surface area (Å²) in [6.07, 6.45) is 2.27. The highest BCUT2D eigenvalue weighted by molar-refractivity contribution is 7.89. The maximum Gasteiger partial charge on any atom is 0.260 e. The van der Waals surface area contributed by atoms with E-state index in [1.807, 2.05) is 20.8 Å². The zero-order chi connectivity index (χ0) is 13.8. The molecule has 0 aliphatic carbocycles. The molecule has 4 nitrogen and oxygen atoms in total. The number of nitrogens with zero attached hydrogens (tertiary/aromatic N) is 2. The third kappa shape index (κ3) is 3.22. The molecule has 1 unspecified atom stereocenters. The van der Waals surface area contributed by atoms with E-state index in [0.29, 0.717) is 12.4 Å². The molecule has 0 saturated heterocycles. The Bertz CT molecular complexity index is 473. The lowest BCUT2D eigenvalue weighted by atomic mass is 10.3. The van der Waals surface area contributed by atoms with Gasteiger partial charge in [0.25, 0.3) is 10.0 Å². The van der Waals surface area contributed by atoms with Crippen molar-refractivity contribution in [1.82, 2.24) is 9.29 Å². The van der Waals surface area contributed by atoms with Crippen LogP contribution in [0, 0.1) is 0 Å². The fourth-order valence-corrected chi connectivity index (χ4v) is 3.47. The van der Waals surface area contributed by atoms with Crippen LogP contribution in [0.2, 0.25) is 0 Å². The second-order valence-electron chi connectivity index (χ2n) is 4.10. The second kappa shape index (κ2) is 6.50. The van der Waals surface area contributed by atoms with Gasteiger partial charge in [0.05, 0.1) is 0 Å². The quantitative estimate of drug-likeness (QED) is 0.757. The van der Waals surface area contributed by atoms with Crippen LogP contribution in [-0.2, 0) is 15.9 Å². The van der Waals surface area contributed by atoms with Gasteiger partial charge in [-0.1, -0.05) is 19.9 Å². The average molecular weight is 291 g/mol. The van der Waals surface area contributed by atoms with Crippen molar-refractivity contribution in [2.45, 2.75) is 44.1 Å². The van der Waals surface area contributed by atoms with E-state index in [9.17, 15) is 8.42 Å². The van der Waals surface area contributed by atoms with Crippen molar-refractivity contribution in [2.75, 3.05) is 6.54 Å². The molecule has 1 atom stereocenters. The molecule has 18 heavy (non-hydrogen) atoms. The summed E-state index contributed by atoms with van der Waals surface area (Å²) in [6, 6.07) is 3.17. The highest BCUT2D eigenvalue weighted by Gasteiger charge is 2.27. The van der Waals surface area contributed by atoms with Crippen LogP contribution in [0.1, 0.15) is 32.8 Å². The molecule has 0 fully saturated rings. The predicted octanol–water partition coefficient (Wildman–Crippen LogP) is 2.63. The number of pyridine rings is 1. The molecule has 0 aliphatic rings. The van der Waals surface area contributed by atoms with Crippen LogP contribution in [0.5, 0.6) is 0 Å². The Morgan fingerprint density at radius 3 is 2.44 bits per heavy atom. The van der Waals surface area contributed by atoms with E-state index in [4.69, 9.17) is 11.6 Å². The summed E-state index contributed by atoms with van der Waals surface area (Å²) < 4.78 is 26.3. The molecular weight excluding hydrogens is 272 g/mol. The Morgan fingerprint density at radius 2 is 2.06 bits per heavy atom. The molecule has 1 aromatic heterocycles. The van der Waals surface area contributed by atoms with Gasteiger partial charge in [0, 0.05) is 24.7 Å². The Labute approximate surface area is 114 Å². The summed E-state index contributed by atoms with van der Waals surface area (Å²) in [5.41, 5.74) is 0.808. The number of aromatic nitrogens is 1. The van der Waals surface area contributed by atoms with E-state index in [2.05, 4.69) is 4.98 Å². The first-order valence-electron chi connectivity index (χ1n) is 6.00. The van der Waals surface area contributed by atoms with Crippen LogP contribution >= 0.6 is 11.6 Å². The smallest absolute Gasteiger partial charge is 0.243 e. The Morgan fingerprint density at radius 1 is 1.39 bits per heavy atom. The third-order valence-corrected chi connectivity index (χ3v) is 5.23. The van der Waals surface area contributed by atoms with Crippen LogP contribution in [0.15, 0.2) is 23.4 Å². The summed E-state index contributed by atoms with van der Waals surface area (Å²) in [5, 5.41) is 0.0820. The number of halogens is 1. The Kier molecular flexibility index (Phi) is 5.56. The molecule has 1 heterocycles. The van der Waals surface area contributed by atoms with Gasteiger partial charge in [-0.3, -0.25) is 0 Å². The van der Waals surface area contributed by atoms with E-state index in [1.54, 1.807) is 6.07 Å². The minimum Gasteiger partial charge on any atom is -0.243 e. The van der Waals surface area contributed by atoms with Crippen molar-refractivity contribution in [1.29, 1.82) is 0 Å². The minimum atomic E-state index is -3.51. The molecule has 6 heteroatoms. The van der Waals surface area contributed by atoms with E-state index in [0.717, 1.165) is 12.0 Å². The first-order chi connectivity index (χ1) is 8.47. The van der Waals surface area contributed by atoms with Gasteiger partial charge in [-0.05, 0) is 25.0 Å². The number of hydrogen-bond acceptors (Lipinski definition) is 3. The lowest BCUT2D eigenvalue weighted by molar-refractivity contribution is 0.341. The van der Waals surface area contributed by atoms with Crippen molar-refractivity contribution >= 4 is 21.6 Å². The fourth-order valence-electron chi connectivity index (χ4n) is 1.68. The van der Waals surface area contributed by atoms with Gasteiger partial charge in [0.1, 0.15) is 0 Å². The van der Waals surface area contributed by atoms with Gasteiger partial charge in [-0.15, -0.1) is 11.6 Å². The summed E-state index contributed by atoms with van der Waals surface area (Å²) in [4.78, 5) is 3.99. The highest BCUT2D eigenvalue weighted by atomic mass is 35.5. The van der Waals surface area contributed by atoms with Gasteiger partial charge < -0.3 is 0 Å². The van der Waals surface area contributed by atoms with Gasteiger partial charge in [-0.2, -0.15) is 4.31 Å². The lowest BCUT2D eigenvalue weighted by Gasteiger charge is -2.25. The summed E-state index contributed by atoms with van der Waals surface area (Å²) in [6.45, 7) is 6.13. The summed E-state index contributed by atoms with van der Waals surface area (Å²) in [5.74, 6) is 0.330. The van der Waals surface area contributed by atoms with E-state index in [1.165, 1.54) is 16.6 Å². The van der Waals surface area contributed by atoms with Crippen molar-refractivity contribution in [2.24, 2.45) is 0 Å². The molecule has 0 aliphatic heterocycles. The van der Waals surface area contributed by atoms with E-state index < -0.39 is 10.0 Å². The maximum atomic E-state index is 12.4. The molecule has 0 bridgehead atoms. The van der Waals surface area contributed by atoms with E-state index >= 15 is 0 Å². The third-order valence-electron chi connectivity index (χ3n) is 2.92. The molecule has 1 rings (SSSR count). The van der Waals surface area contributed by atoms with Crippen molar-refractivity contribution < 1.29 is 8.42 Å². The van der Waals surface area contributed by atoms with Gasteiger partial charge >= 0.3 is 0 Å². The minimum absolute atomic E-state index is 0.0329. The van der Waals surface area contributed by atoms with E-state index in [-0.39, 0.29) is 11.1 Å². The molecule has 0 amide bonds. The molecule has 0 radical (unpaired) electrons. The summed E-state index contributed by atoms with van der Waals surface area (Å²) >= 11 is 5.66. The highest BCUT2D eigenvalue weighted by Crippen LogP contribution is 2.18. The van der Waals surface area contributed by atoms with Gasteiger partial charge in [0.2, 0.25) is 0 Å². The zero-order valence-electron chi connectivity index (χ0n) is 10.9. The van der Waals surface area contributed by atoms with Gasteiger partial charge in [0.15, 0.2) is 5.03 Å². The SMILES string of the molecule is CCC(C)N(CC)S(=O)(=O)c1ccc(CCl)cn1. The van der Waals surface area contributed by atoms with Crippen molar-refractivity contribution in [3.63, 3.8) is 0 Å². The Hall–Kier alpha value is -0.650. The Balaban J connectivity index is 3.10. The number of alkyl halides is 1. The monoisotopic (exact) mass is 290 g/mol. The first-order valence-corrected chi connectivity index (χ1v) is 7.97. The molecule has 102 valence electrons. The molecule has 1 aromatic rings. The topological polar surface area (TPSA) is 50.3 Å². The molecule has 0 N–H and O–H groups in total. The molecular formula is C12H19ClN2O2S. The lowest BCUT2D eigenvalue weighted by Crippen LogP contribution is -2.38. The summed E-state index contributed by atoms with van der Waals surface area (Å²) in [7, 11) is -3.51. The maximum absolute atomic E-state index is 12.4. The van der Waals surface area contributed by atoms with Crippen LogP contribution in [0.4, 0.5) is 0 Å². The molecule has 0 spiro atoms. The van der Waals surface area contributed by atoms with Crippen molar-refractivity contribution in [3.05, 3.63) is 23.9 Å². The predicted molar refractivity (Wildman–Crippen MR) is 73.1 cm³/mol. The first kappa shape index (κ1) is 15.4. The standard InChI is InChI=1S/C12H19ClN2O2S/c1-4-10(3)15(5-2)18(16,17)12-7-6-11(8-13)9-14-12/h6-7,9-10H,4-5,8H2,1-3H3. The largest absolute Gasteiger partial charge is 0.260 e. The number of sulfonamides is 1. The van der Waals surface area contributed by atoms with Crippen LogP contribution in [0.25, 0.3) is 0 Å². The molecule has 0 aromatic carbocycles. The number of hydrogen-bond donors (Lipinski definition) is 0. The fraction of sp³-hybridized carbons (Fsp3) is 0.583. The van der Waals surface area contributed by atoms with Crippen molar-refractivity contribution in [3.8, 4) is 0 Å². The molecule has 0 saturated carbocycles. The van der Waals surface area contributed by atoms with Crippen LogP contribution in [0.3, 0.4) is 0 Å². The van der Waals surface area contributed by atoms with Gasteiger partial charge in [-0.25, -0.2) is 13.4 Å². The number of rotatable bonds is 6. The van der Waals surface area contributed by atoms with Crippen LogP contribution in [-0.4, -0.2) is 30.3 Å².